The van der Waals surface area contributed by atoms with E-state index in [-0.39, 0.29) is 0 Å². The molecular weight excluding hydrogens is 146 g/mol. The zero-order valence-electron chi connectivity index (χ0n) is 7.88. The molecule has 0 aliphatic carbocycles. The van der Waals surface area contributed by atoms with Crippen LogP contribution < -0.4 is 5.32 Å². The predicted molar refractivity (Wildman–Crippen MR) is 53.2 cm³/mol. The molecule has 0 aromatic heterocycles. The van der Waals surface area contributed by atoms with Gasteiger partial charge in [-0.15, -0.1) is 0 Å². The van der Waals surface area contributed by atoms with Crippen LogP contribution in [-0.2, 0) is 0 Å². The molecule has 1 aromatic carbocycles. The summed E-state index contributed by atoms with van der Waals surface area (Å²) in [5.41, 5.74) is 1.39. The fourth-order valence-electron chi connectivity index (χ4n) is 1.43. The molecule has 0 bridgehead atoms. The van der Waals surface area contributed by atoms with Crippen molar-refractivity contribution in [1.82, 2.24) is 5.32 Å². The van der Waals surface area contributed by atoms with Gasteiger partial charge in [0.15, 0.2) is 0 Å². The summed E-state index contributed by atoms with van der Waals surface area (Å²) in [4.78, 5) is 0. The minimum atomic E-state index is 0.524. The first-order valence-corrected chi connectivity index (χ1v) is 4.66. The van der Waals surface area contributed by atoms with E-state index in [4.69, 9.17) is 0 Å². The Labute approximate surface area is 74.8 Å². The van der Waals surface area contributed by atoms with Crippen molar-refractivity contribution >= 4 is 0 Å². The standard InChI is InChI=1S/C11H17N/c1-3-11(12-4-2)10-8-6-5-7-9-10/h5-9,11-12H,3-4H2,1-2H3/t11-/m0/s1. The van der Waals surface area contributed by atoms with Gasteiger partial charge >= 0.3 is 0 Å². The van der Waals surface area contributed by atoms with E-state index in [1.165, 1.54) is 5.56 Å². The lowest BCUT2D eigenvalue weighted by Gasteiger charge is -2.15. The molecule has 1 rings (SSSR count). The molecule has 0 aliphatic heterocycles. The number of hydrogen-bond acceptors (Lipinski definition) is 1. The summed E-state index contributed by atoms with van der Waals surface area (Å²) in [7, 11) is 0. The molecule has 0 unspecified atom stereocenters. The van der Waals surface area contributed by atoms with Gasteiger partial charge in [-0.05, 0) is 18.5 Å². The zero-order chi connectivity index (χ0) is 8.81. The highest BCUT2D eigenvalue weighted by Crippen LogP contribution is 2.14. The van der Waals surface area contributed by atoms with Crippen LogP contribution in [0.15, 0.2) is 30.3 Å². The molecule has 66 valence electrons. The van der Waals surface area contributed by atoms with Crippen molar-refractivity contribution in [2.24, 2.45) is 0 Å². The molecule has 0 aliphatic rings. The van der Waals surface area contributed by atoms with Gasteiger partial charge in [-0.1, -0.05) is 44.2 Å². The zero-order valence-corrected chi connectivity index (χ0v) is 7.88. The van der Waals surface area contributed by atoms with Crippen LogP contribution in [0.3, 0.4) is 0 Å². The smallest absolute Gasteiger partial charge is 0.0317 e. The van der Waals surface area contributed by atoms with Gasteiger partial charge in [0.25, 0.3) is 0 Å². The lowest BCUT2D eigenvalue weighted by Crippen LogP contribution is -2.19. The van der Waals surface area contributed by atoms with Gasteiger partial charge in [0, 0.05) is 6.04 Å². The highest BCUT2D eigenvalue weighted by molar-refractivity contribution is 5.18. The molecular formula is C11H17N. The van der Waals surface area contributed by atoms with Crippen molar-refractivity contribution in [3.8, 4) is 0 Å². The van der Waals surface area contributed by atoms with Crippen LogP contribution in [0.2, 0.25) is 0 Å². The molecule has 1 N–H and O–H groups in total. The van der Waals surface area contributed by atoms with Crippen LogP contribution in [0, 0.1) is 0 Å². The van der Waals surface area contributed by atoms with Crippen molar-refractivity contribution in [2.45, 2.75) is 26.3 Å². The number of benzene rings is 1. The lowest BCUT2D eigenvalue weighted by atomic mass is 10.1. The van der Waals surface area contributed by atoms with Gasteiger partial charge in [0.1, 0.15) is 0 Å². The Kier molecular flexibility index (Phi) is 3.81. The SMILES string of the molecule is CCN[C@@H](CC)c1ccccc1. The third-order valence-electron chi connectivity index (χ3n) is 2.06. The second-order valence-electron chi connectivity index (χ2n) is 2.93. The maximum Gasteiger partial charge on any atom is 0.0317 e. The first-order chi connectivity index (χ1) is 5.88. The predicted octanol–water partition coefficient (Wildman–Crippen LogP) is 2.75. The van der Waals surface area contributed by atoms with E-state index >= 15 is 0 Å². The third-order valence-corrected chi connectivity index (χ3v) is 2.06. The summed E-state index contributed by atoms with van der Waals surface area (Å²) in [5, 5.41) is 3.45. The minimum absolute atomic E-state index is 0.524. The summed E-state index contributed by atoms with van der Waals surface area (Å²) < 4.78 is 0. The van der Waals surface area contributed by atoms with Gasteiger partial charge in [-0.2, -0.15) is 0 Å². The Morgan fingerprint density at radius 2 is 1.83 bits per heavy atom. The van der Waals surface area contributed by atoms with Crippen LogP contribution in [0.25, 0.3) is 0 Å². The molecule has 0 fully saturated rings. The first kappa shape index (κ1) is 9.27. The normalized spacial score (nSPS) is 12.8. The van der Waals surface area contributed by atoms with Crippen LogP contribution in [0.5, 0.6) is 0 Å². The molecule has 0 amide bonds. The monoisotopic (exact) mass is 163 g/mol. The Morgan fingerprint density at radius 3 is 2.33 bits per heavy atom. The van der Waals surface area contributed by atoms with Gasteiger partial charge < -0.3 is 5.32 Å². The van der Waals surface area contributed by atoms with Gasteiger partial charge in [-0.3, -0.25) is 0 Å². The summed E-state index contributed by atoms with van der Waals surface area (Å²) >= 11 is 0. The highest BCUT2D eigenvalue weighted by atomic mass is 14.9. The Morgan fingerprint density at radius 1 is 1.17 bits per heavy atom. The Bertz CT molecular complexity index is 206. The maximum atomic E-state index is 3.45. The van der Waals surface area contributed by atoms with E-state index in [0.717, 1.165) is 13.0 Å². The minimum Gasteiger partial charge on any atom is -0.310 e. The average molecular weight is 163 g/mol. The average Bonchev–Trinajstić information content (AvgIpc) is 2.15. The Balaban J connectivity index is 2.66. The molecule has 12 heavy (non-hydrogen) atoms. The van der Waals surface area contributed by atoms with E-state index in [9.17, 15) is 0 Å². The molecule has 1 heteroatoms. The van der Waals surface area contributed by atoms with E-state index in [2.05, 4.69) is 49.5 Å². The molecule has 0 saturated heterocycles. The van der Waals surface area contributed by atoms with Crippen LogP contribution in [0.1, 0.15) is 31.9 Å². The quantitative estimate of drug-likeness (QED) is 0.719. The molecule has 0 heterocycles. The van der Waals surface area contributed by atoms with Crippen LogP contribution in [-0.4, -0.2) is 6.54 Å². The Hall–Kier alpha value is -0.820. The lowest BCUT2D eigenvalue weighted by molar-refractivity contribution is 0.537. The molecule has 1 aromatic rings. The van der Waals surface area contributed by atoms with E-state index in [1.54, 1.807) is 0 Å². The van der Waals surface area contributed by atoms with Crippen molar-refractivity contribution in [1.29, 1.82) is 0 Å². The second kappa shape index (κ2) is 4.94. The summed E-state index contributed by atoms with van der Waals surface area (Å²) in [6, 6.07) is 11.1. The summed E-state index contributed by atoms with van der Waals surface area (Å²) in [6.45, 7) is 5.39. The van der Waals surface area contributed by atoms with Crippen molar-refractivity contribution in [2.75, 3.05) is 6.54 Å². The van der Waals surface area contributed by atoms with Crippen LogP contribution in [0.4, 0.5) is 0 Å². The van der Waals surface area contributed by atoms with Gasteiger partial charge in [0.2, 0.25) is 0 Å². The number of nitrogens with one attached hydrogen (secondary N) is 1. The van der Waals surface area contributed by atoms with Crippen molar-refractivity contribution < 1.29 is 0 Å². The van der Waals surface area contributed by atoms with E-state index < -0.39 is 0 Å². The molecule has 0 radical (unpaired) electrons. The number of rotatable bonds is 4. The maximum absolute atomic E-state index is 3.45. The van der Waals surface area contributed by atoms with E-state index in [0.29, 0.717) is 6.04 Å². The molecule has 0 saturated carbocycles. The largest absolute Gasteiger partial charge is 0.310 e. The van der Waals surface area contributed by atoms with Crippen molar-refractivity contribution in [3.63, 3.8) is 0 Å². The van der Waals surface area contributed by atoms with Gasteiger partial charge in [-0.25, -0.2) is 0 Å². The second-order valence-corrected chi connectivity index (χ2v) is 2.93. The summed E-state index contributed by atoms with van der Waals surface area (Å²) in [5.74, 6) is 0. The van der Waals surface area contributed by atoms with Crippen molar-refractivity contribution in [3.05, 3.63) is 35.9 Å². The van der Waals surface area contributed by atoms with E-state index in [1.807, 2.05) is 0 Å². The highest BCUT2D eigenvalue weighted by Gasteiger charge is 2.04. The fourth-order valence-corrected chi connectivity index (χ4v) is 1.43. The topological polar surface area (TPSA) is 12.0 Å². The summed E-state index contributed by atoms with van der Waals surface area (Å²) in [6.07, 6.45) is 1.15. The molecule has 1 atom stereocenters. The molecule has 0 spiro atoms. The fraction of sp³-hybridized carbons (Fsp3) is 0.455. The number of hydrogen-bond donors (Lipinski definition) is 1. The van der Waals surface area contributed by atoms with Crippen LogP contribution >= 0.6 is 0 Å². The van der Waals surface area contributed by atoms with Gasteiger partial charge in [0.05, 0.1) is 0 Å². The molecule has 1 nitrogen and oxygen atoms in total. The third kappa shape index (κ3) is 2.35. The first-order valence-electron chi connectivity index (χ1n) is 4.66.